The maximum atomic E-state index is 13.4. The number of anilines is 1. The van der Waals surface area contributed by atoms with Crippen molar-refractivity contribution in [2.24, 2.45) is 0 Å². The van der Waals surface area contributed by atoms with E-state index >= 15 is 0 Å². The predicted molar refractivity (Wildman–Crippen MR) is 126 cm³/mol. The molecule has 0 spiro atoms. The van der Waals surface area contributed by atoms with Crippen molar-refractivity contribution in [2.45, 2.75) is 0 Å². The molecular formula is C20H20Cl2N4O5S. The molecule has 1 aliphatic rings. The van der Waals surface area contributed by atoms with Crippen LogP contribution in [0.3, 0.4) is 0 Å². The normalized spacial score (nSPS) is 12.5. The molecule has 32 heavy (non-hydrogen) atoms. The van der Waals surface area contributed by atoms with E-state index in [-0.39, 0.29) is 28.7 Å². The Kier molecular flexibility index (Phi) is 7.40. The Balaban J connectivity index is 0.00000289. The number of nitro benzene ring substituents is 1. The molecule has 1 aromatic heterocycles. The van der Waals surface area contributed by atoms with Crippen molar-refractivity contribution in [3.8, 4) is 11.5 Å². The van der Waals surface area contributed by atoms with Crippen molar-refractivity contribution in [1.29, 1.82) is 0 Å². The summed E-state index contributed by atoms with van der Waals surface area (Å²) in [4.78, 5) is 32.3. The maximum Gasteiger partial charge on any atom is 0.282 e. The number of nitro groups is 1. The van der Waals surface area contributed by atoms with Gasteiger partial charge in [0.25, 0.3) is 11.6 Å². The molecule has 2 aromatic carbocycles. The van der Waals surface area contributed by atoms with Crippen molar-refractivity contribution in [1.82, 2.24) is 9.88 Å². The lowest BCUT2D eigenvalue weighted by atomic mass is 10.1. The second kappa shape index (κ2) is 9.86. The minimum Gasteiger partial charge on any atom is -0.486 e. The smallest absolute Gasteiger partial charge is 0.282 e. The van der Waals surface area contributed by atoms with Gasteiger partial charge in [0.15, 0.2) is 16.6 Å². The predicted octanol–water partition coefficient (Wildman–Crippen LogP) is 4.26. The highest BCUT2D eigenvalue weighted by Crippen LogP contribution is 2.39. The Hall–Kier alpha value is -2.66. The third-order valence-corrected chi connectivity index (χ3v) is 5.95. The molecule has 0 saturated carbocycles. The molecule has 3 aromatic rings. The molecule has 2 heterocycles. The number of amides is 1. The van der Waals surface area contributed by atoms with E-state index in [1.807, 2.05) is 25.1 Å². The van der Waals surface area contributed by atoms with Gasteiger partial charge in [-0.2, -0.15) is 0 Å². The molecule has 0 saturated heterocycles. The number of hydrogen-bond donors (Lipinski definition) is 0. The first kappa shape index (κ1) is 24.0. The van der Waals surface area contributed by atoms with Gasteiger partial charge in [0.1, 0.15) is 18.8 Å². The van der Waals surface area contributed by atoms with Crippen LogP contribution in [0.25, 0.3) is 10.2 Å². The van der Waals surface area contributed by atoms with Gasteiger partial charge in [-0.3, -0.25) is 19.8 Å². The maximum absolute atomic E-state index is 13.4. The second-order valence-corrected chi connectivity index (χ2v) is 8.58. The summed E-state index contributed by atoms with van der Waals surface area (Å²) in [6.07, 6.45) is 0. The van der Waals surface area contributed by atoms with Crippen LogP contribution in [0.1, 0.15) is 10.4 Å². The average Bonchev–Trinajstić information content (AvgIpc) is 3.13. The van der Waals surface area contributed by atoms with Gasteiger partial charge in [-0.25, -0.2) is 4.98 Å². The zero-order valence-corrected chi connectivity index (χ0v) is 19.6. The number of carbonyl (C=O) groups is 1. The van der Waals surface area contributed by atoms with E-state index in [4.69, 9.17) is 21.1 Å². The van der Waals surface area contributed by atoms with Crippen LogP contribution in [0.15, 0.2) is 30.3 Å². The highest BCUT2D eigenvalue weighted by molar-refractivity contribution is 7.22. The molecule has 0 unspecified atom stereocenters. The summed E-state index contributed by atoms with van der Waals surface area (Å²) >= 11 is 7.35. The standard InChI is InChI=1S/C20H19ClN4O5S.ClH/c1-23(2)5-6-24(19(26)13-9-12(21)3-4-15(13)25(27)28)20-22-14-10-16-17(11-18(14)31-20)30-8-7-29-16;/h3-4,9-11H,5-8H2,1-2H3;1H. The molecular weight excluding hydrogens is 479 g/mol. The van der Waals surface area contributed by atoms with Crippen LogP contribution in [-0.4, -0.2) is 61.1 Å². The topological polar surface area (TPSA) is 98.0 Å². The van der Waals surface area contributed by atoms with Gasteiger partial charge in [0.05, 0.1) is 15.1 Å². The lowest BCUT2D eigenvalue weighted by Gasteiger charge is -2.22. The van der Waals surface area contributed by atoms with Gasteiger partial charge in [-0.1, -0.05) is 22.9 Å². The molecule has 9 nitrogen and oxygen atoms in total. The van der Waals surface area contributed by atoms with E-state index < -0.39 is 10.8 Å². The second-order valence-electron chi connectivity index (χ2n) is 7.14. The van der Waals surface area contributed by atoms with E-state index in [9.17, 15) is 14.9 Å². The summed E-state index contributed by atoms with van der Waals surface area (Å²) in [6.45, 7) is 1.76. The highest BCUT2D eigenvalue weighted by atomic mass is 35.5. The molecule has 0 aliphatic carbocycles. The van der Waals surface area contributed by atoms with Crippen LogP contribution in [-0.2, 0) is 0 Å². The van der Waals surface area contributed by atoms with Gasteiger partial charge in [0.2, 0.25) is 0 Å². The lowest BCUT2D eigenvalue weighted by molar-refractivity contribution is -0.385. The van der Waals surface area contributed by atoms with E-state index in [2.05, 4.69) is 4.98 Å². The van der Waals surface area contributed by atoms with Crippen LogP contribution in [0, 0.1) is 10.1 Å². The van der Waals surface area contributed by atoms with E-state index in [1.165, 1.54) is 34.4 Å². The molecule has 12 heteroatoms. The van der Waals surface area contributed by atoms with Gasteiger partial charge < -0.3 is 14.4 Å². The van der Waals surface area contributed by atoms with Gasteiger partial charge in [0, 0.05) is 36.3 Å². The van der Waals surface area contributed by atoms with Crippen LogP contribution in [0.2, 0.25) is 5.02 Å². The molecule has 0 fully saturated rings. The molecule has 4 rings (SSSR count). The SMILES string of the molecule is CN(C)CCN(C(=O)c1cc(Cl)ccc1[N+](=O)[O-])c1nc2cc3c(cc2s1)OCCO3.Cl. The van der Waals surface area contributed by atoms with Crippen LogP contribution in [0.4, 0.5) is 10.8 Å². The van der Waals surface area contributed by atoms with Crippen molar-refractivity contribution in [2.75, 3.05) is 45.3 Å². The molecule has 0 atom stereocenters. The molecule has 0 radical (unpaired) electrons. The zero-order valence-electron chi connectivity index (χ0n) is 17.2. The van der Waals surface area contributed by atoms with Crippen LogP contribution in [0.5, 0.6) is 11.5 Å². The first-order chi connectivity index (χ1) is 14.8. The van der Waals surface area contributed by atoms with Crippen LogP contribution >= 0.6 is 35.3 Å². The molecule has 170 valence electrons. The molecule has 1 aliphatic heterocycles. The van der Waals surface area contributed by atoms with Crippen LogP contribution < -0.4 is 14.4 Å². The number of likely N-dealkylation sites (N-methyl/N-ethyl adjacent to an activating group) is 1. The fourth-order valence-electron chi connectivity index (χ4n) is 3.14. The number of aromatic nitrogens is 1. The fraction of sp³-hybridized carbons (Fsp3) is 0.300. The van der Waals surface area contributed by atoms with Gasteiger partial charge in [-0.15, -0.1) is 12.4 Å². The Bertz CT molecular complexity index is 1130. The summed E-state index contributed by atoms with van der Waals surface area (Å²) in [5, 5.41) is 12.2. The average molecular weight is 499 g/mol. The number of fused-ring (bicyclic) bond motifs is 2. The minimum atomic E-state index is -0.589. The molecule has 0 bridgehead atoms. The Labute approximate surface area is 199 Å². The highest BCUT2D eigenvalue weighted by Gasteiger charge is 2.28. The van der Waals surface area contributed by atoms with Crippen molar-refractivity contribution >= 4 is 62.3 Å². The van der Waals surface area contributed by atoms with Gasteiger partial charge in [-0.05, 0) is 26.2 Å². The number of halogens is 2. The summed E-state index contributed by atoms with van der Waals surface area (Å²) in [7, 11) is 3.76. The summed E-state index contributed by atoms with van der Waals surface area (Å²) in [5.74, 6) is 0.699. The zero-order chi connectivity index (χ0) is 22.1. The third-order valence-electron chi connectivity index (χ3n) is 4.67. The number of benzene rings is 2. The Morgan fingerprint density at radius 1 is 1.19 bits per heavy atom. The lowest BCUT2D eigenvalue weighted by Crippen LogP contribution is -2.37. The number of nitrogens with zero attached hydrogens (tertiary/aromatic N) is 4. The van der Waals surface area contributed by atoms with E-state index in [0.29, 0.717) is 48.5 Å². The number of carbonyl (C=O) groups excluding carboxylic acids is 1. The number of thiazole rings is 1. The third kappa shape index (κ3) is 4.88. The fourth-order valence-corrected chi connectivity index (χ4v) is 4.31. The first-order valence-corrected chi connectivity index (χ1v) is 10.6. The van der Waals surface area contributed by atoms with Crippen molar-refractivity contribution in [3.05, 3.63) is 51.0 Å². The Morgan fingerprint density at radius 3 is 2.53 bits per heavy atom. The van der Waals surface area contributed by atoms with Gasteiger partial charge >= 0.3 is 0 Å². The number of rotatable bonds is 6. The number of ether oxygens (including phenoxy) is 2. The Morgan fingerprint density at radius 2 is 1.88 bits per heavy atom. The van der Waals surface area contributed by atoms with E-state index in [0.717, 1.165) is 4.70 Å². The number of hydrogen-bond acceptors (Lipinski definition) is 8. The van der Waals surface area contributed by atoms with E-state index in [1.54, 1.807) is 6.07 Å². The first-order valence-electron chi connectivity index (χ1n) is 9.44. The molecule has 0 N–H and O–H groups in total. The quantitative estimate of drug-likeness (QED) is 0.369. The minimum absolute atomic E-state index is 0. The van der Waals surface area contributed by atoms with Crippen molar-refractivity contribution in [3.63, 3.8) is 0 Å². The van der Waals surface area contributed by atoms with Crippen molar-refractivity contribution < 1.29 is 19.2 Å². The summed E-state index contributed by atoms with van der Waals surface area (Å²) in [6, 6.07) is 7.56. The molecule has 1 amide bonds. The summed E-state index contributed by atoms with van der Waals surface area (Å²) < 4.78 is 12.1. The monoisotopic (exact) mass is 498 g/mol. The largest absolute Gasteiger partial charge is 0.486 e. The summed E-state index contributed by atoms with van der Waals surface area (Å²) in [5.41, 5.74) is 0.275.